The third kappa shape index (κ3) is 4.26. The number of rotatable bonds is 6. The minimum absolute atomic E-state index is 0.0545. The highest BCUT2D eigenvalue weighted by molar-refractivity contribution is 7.27. The topological polar surface area (TPSA) is 100 Å². The quantitative estimate of drug-likeness (QED) is 0.383. The number of methoxy groups -OCH3 is 1. The van der Waals surface area contributed by atoms with Gasteiger partial charge in [0.15, 0.2) is 17.2 Å². The summed E-state index contributed by atoms with van der Waals surface area (Å²) in [4.78, 5) is 8.91. The lowest BCUT2D eigenvalue weighted by Crippen LogP contribution is -2.55. The molecule has 0 amide bonds. The van der Waals surface area contributed by atoms with Crippen LogP contribution in [0.5, 0.6) is 11.6 Å². The minimum atomic E-state index is -1.48. The molecule has 194 valence electrons. The molecule has 0 aliphatic carbocycles. The van der Waals surface area contributed by atoms with Crippen LogP contribution in [-0.2, 0) is 12.1 Å². The van der Waals surface area contributed by atoms with Gasteiger partial charge < -0.3 is 23.7 Å². The zero-order valence-corrected chi connectivity index (χ0v) is 22.0. The molecular formula is C25H27F2N6O3P. The fourth-order valence-electron chi connectivity index (χ4n) is 4.68. The van der Waals surface area contributed by atoms with Gasteiger partial charge in [-0.2, -0.15) is 0 Å². The Labute approximate surface area is 214 Å². The molecule has 0 saturated carbocycles. The molecule has 0 fully saturated rings. The van der Waals surface area contributed by atoms with Gasteiger partial charge in [-0.3, -0.25) is 0 Å². The van der Waals surface area contributed by atoms with Crippen molar-refractivity contribution in [1.82, 2.24) is 29.3 Å². The molecule has 0 spiro atoms. The van der Waals surface area contributed by atoms with Crippen molar-refractivity contribution in [3.05, 3.63) is 59.9 Å². The van der Waals surface area contributed by atoms with Crippen molar-refractivity contribution in [3.63, 3.8) is 0 Å². The molecule has 1 unspecified atom stereocenters. The molecular weight excluding hydrogens is 501 g/mol. The number of pyridine rings is 1. The van der Waals surface area contributed by atoms with Crippen molar-refractivity contribution in [2.24, 2.45) is 0 Å². The van der Waals surface area contributed by atoms with E-state index in [-0.39, 0.29) is 11.1 Å². The lowest BCUT2D eigenvalue weighted by Gasteiger charge is -2.44. The highest BCUT2D eigenvalue weighted by atomic mass is 31.0. The van der Waals surface area contributed by atoms with Gasteiger partial charge >= 0.3 is 0 Å². The first-order valence-electron chi connectivity index (χ1n) is 11.7. The Balaban J connectivity index is 1.60. The summed E-state index contributed by atoms with van der Waals surface area (Å²) in [5.41, 5.74) is -0.826. The third-order valence-corrected chi connectivity index (χ3v) is 7.16. The molecule has 0 radical (unpaired) electrons. The second-order valence-corrected chi connectivity index (χ2v) is 10.1. The highest BCUT2D eigenvalue weighted by Gasteiger charge is 2.53. The Bertz CT molecular complexity index is 1460. The van der Waals surface area contributed by atoms with Crippen molar-refractivity contribution < 1.29 is 23.4 Å². The van der Waals surface area contributed by atoms with E-state index in [4.69, 9.17) is 9.47 Å². The molecule has 1 N–H and O–H groups in total. The third-order valence-electron chi connectivity index (χ3n) is 6.61. The molecule has 5 rings (SSSR count). The monoisotopic (exact) mass is 528 g/mol. The fraction of sp³-hybridized carbons (Fsp3) is 0.360. The zero-order valence-electron chi connectivity index (χ0n) is 20.9. The van der Waals surface area contributed by atoms with Crippen LogP contribution in [0.1, 0.15) is 38.2 Å². The number of benzene rings is 1. The van der Waals surface area contributed by atoms with Crippen LogP contribution in [0.3, 0.4) is 0 Å². The average molecular weight is 529 g/mol. The maximum Gasteiger partial charge on any atom is 0.238 e. The van der Waals surface area contributed by atoms with E-state index < -0.39 is 22.8 Å². The van der Waals surface area contributed by atoms with E-state index in [0.717, 1.165) is 17.8 Å². The van der Waals surface area contributed by atoms with E-state index in [1.807, 2.05) is 37.6 Å². The number of halogens is 2. The molecule has 12 heteroatoms. The Hall–Kier alpha value is -3.43. The van der Waals surface area contributed by atoms with Crippen molar-refractivity contribution in [2.75, 3.05) is 7.11 Å². The highest BCUT2D eigenvalue weighted by Crippen LogP contribution is 2.44. The summed E-state index contributed by atoms with van der Waals surface area (Å²) in [6.07, 6.45) is 4.49. The van der Waals surface area contributed by atoms with Gasteiger partial charge in [-0.1, -0.05) is 9.24 Å². The molecule has 37 heavy (non-hydrogen) atoms. The predicted octanol–water partition coefficient (Wildman–Crippen LogP) is 3.46. The number of aryl methyl sites for hydroxylation is 1. The first kappa shape index (κ1) is 25.2. The summed E-state index contributed by atoms with van der Waals surface area (Å²) < 4.78 is 44.0. The van der Waals surface area contributed by atoms with Gasteiger partial charge in [-0.05, 0) is 45.7 Å². The molecule has 2 atom stereocenters. The summed E-state index contributed by atoms with van der Waals surface area (Å²) in [5.74, 6) is -0.428. The van der Waals surface area contributed by atoms with E-state index in [1.54, 1.807) is 26.2 Å². The Morgan fingerprint density at radius 3 is 2.51 bits per heavy atom. The number of imidazole rings is 1. The number of fused-ring (bicyclic) bond motifs is 1. The Morgan fingerprint density at radius 1 is 1.16 bits per heavy atom. The smallest absolute Gasteiger partial charge is 0.238 e. The maximum atomic E-state index is 14.3. The summed E-state index contributed by atoms with van der Waals surface area (Å²) in [6, 6.07) is 5.84. The summed E-state index contributed by atoms with van der Waals surface area (Å²) >= 11 is 0. The molecule has 3 aromatic heterocycles. The predicted molar refractivity (Wildman–Crippen MR) is 135 cm³/mol. The summed E-state index contributed by atoms with van der Waals surface area (Å²) in [7, 11) is 3.56. The van der Waals surface area contributed by atoms with E-state index in [1.165, 1.54) is 7.11 Å². The van der Waals surface area contributed by atoms with Crippen LogP contribution in [0, 0.1) is 18.6 Å². The van der Waals surface area contributed by atoms with E-state index in [9.17, 15) is 13.9 Å². The lowest BCUT2D eigenvalue weighted by atomic mass is 9.79. The molecule has 4 heterocycles. The standard InChI is InChI=1S/C25H27F2N6O3P/c1-14-12-32(13-28-14)19-7-6-18(29-22(19)35-4)21-30-31-23-25(24(2,3)34,8-5-9-33(21)23)36-15-10-16(26)20(37)17(27)11-15/h6-7,10-13,34H,5,8-9,37H2,1-4H3/t25-/m1/s1. The zero-order chi connectivity index (χ0) is 26.5. The Kier molecular flexibility index (Phi) is 6.24. The van der Waals surface area contributed by atoms with Crippen LogP contribution in [-0.4, -0.2) is 47.1 Å². The normalized spacial score (nSPS) is 17.5. The van der Waals surface area contributed by atoms with Crippen LogP contribution in [0.4, 0.5) is 8.78 Å². The van der Waals surface area contributed by atoms with Crippen molar-refractivity contribution in [3.8, 4) is 28.8 Å². The SMILES string of the molecule is COc1nc(-c2nnc3n2CCC[C@]3(Oc2cc(F)c(P)c(F)c2)C(C)(C)O)ccc1-n1cnc(C)c1. The van der Waals surface area contributed by atoms with E-state index in [2.05, 4.69) is 20.2 Å². The van der Waals surface area contributed by atoms with Crippen LogP contribution >= 0.6 is 9.24 Å². The van der Waals surface area contributed by atoms with Gasteiger partial charge in [0, 0.05) is 30.2 Å². The molecule has 9 nitrogen and oxygen atoms in total. The largest absolute Gasteiger partial charge is 0.479 e. The number of aliphatic hydroxyl groups is 1. The Morgan fingerprint density at radius 2 is 1.89 bits per heavy atom. The molecule has 1 aliphatic rings. The average Bonchev–Trinajstić information content (AvgIpc) is 3.48. The molecule has 0 bridgehead atoms. The second-order valence-electron chi connectivity index (χ2n) is 9.54. The number of aromatic nitrogens is 6. The molecule has 0 saturated heterocycles. The van der Waals surface area contributed by atoms with E-state index in [0.29, 0.717) is 48.3 Å². The minimum Gasteiger partial charge on any atom is -0.479 e. The van der Waals surface area contributed by atoms with Crippen LogP contribution in [0.2, 0.25) is 0 Å². The molecule has 1 aliphatic heterocycles. The second kappa shape index (κ2) is 9.15. The number of hydrogen-bond donors (Lipinski definition) is 1. The summed E-state index contributed by atoms with van der Waals surface area (Å²) in [5, 5.41) is 19.9. The summed E-state index contributed by atoms with van der Waals surface area (Å²) in [6.45, 7) is 5.59. The van der Waals surface area contributed by atoms with Crippen molar-refractivity contribution in [2.45, 2.75) is 51.4 Å². The number of hydrogen-bond acceptors (Lipinski definition) is 7. The fourth-order valence-corrected chi connectivity index (χ4v) is 4.85. The van der Waals surface area contributed by atoms with Gasteiger partial charge in [0.25, 0.3) is 0 Å². The molecule has 1 aromatic carbocycles. The van der Waals surface area contributed by atoms with Gasteiger partial charge in [0.1, 0.15) is 34.4 Å². The van der Waals surface area contributed by atoms with Gasteiger partial charge in [-0.15, -0.1) is 10.2 Å². The van der Waals surface area contributed by atoms with Crippen LogP contribution < -0.4 is 14.8 Å². The van der Waals surface area contributed by atoms with Gasteiger partial charge in [0.05, 0.1) is 19.1 Å². The van der Waals surface area contributed by atoms with Crippen molar-refractivity contribution in [1.29, 1.82) is 0 Å². The first-order chi connectivity index (χ1) is 17.5. The van der Waals surface area contributed by atoms with Gasteiger partial charge in [0.2, 0.25) is 5.88 Å². The molecule has 4 aromatic rings. The maximum absolute atomic E-state index is 14.3. The lowest BCUT2D eigenvalue weighted by molar-refractivity contribution is -0.137. The number of ether oxygens (including phenoxy) is 2. The van der Waals surface area contributed by atoms with Crippen molar-refractivity contribution >= 4 is 14.5 Å². The first-order valence-corrected chi connectivity index (χ1v) is 12.3. The van der Waals surface area contributed by atoms with Crippen LogP contribution in [0.25, 0.3) is 17.2 Å². The van der Waals surface area contributed by atoms with E-state index >= 15 is 0 Å². The number of nitrogens with zero attached hydrogens (tertiary/aromatic N) is 6. The van der Waals surface area contributed by atoms with Gasteiger partial charge in [-0.25, -0.2) is 18.7 Å². The van der Waals surface area contributed by atoms with Crippen LogP contribution in [0.15, 0.2) is 36.8 Å².